The van der Waals surface area contributed by atoms with Gasteiger partial charge in [0, 0.05) is 5.69 Å². The molecule has 0 aliphatic rings. The van der Waals surface area contributed by atoms with Crippen molar-refractivity contribution < 1.29 is 13.7 Å². The predicted octanol–water partition coefficient (Wildman–Crippen LogP) is 3.25. The highest BCUT2D eigenvalue weighted by atomic mass is 19.1. The summed E-state index contributed by atoms with van der Waals surface area (Å²) in [5.41, 5.74) is 1.16. The third kappa shape index (κ3) is 2.65. The lowest BCUT2D eigenvalue weighted by Gasteiger charge is -2.05. The third-order valence-corrected chi connectivity index (χ3v) is 2.47. The van der Waals surface area contributed by atoms with E-state index in [-0.39, 0.29) is 18.2 Å². The van der Waals surface area contributed by atoms with Crippen LogP contribution in [0, 0.1) is 22.9 Å². The van der Waals surface area contributed by atoms with Gasteiger partial charge in [-0.25, -0.2) is 4.39 Å². The number of nitro groups is 1. The summed E-state index contributed by atoms with van der Waals surface area (Å²) in [5, 5.41) is 13.3. The van der Waals surface area contributed by atoms with E-state index in [0.717, 1.165) is 0 Å². The van der Waals surface area contributed by atoms with Crippen LogP contribution in [0.1, 0.15) is 11.3 Å². The predicted molar refractivity (Wildman–Crippen MR) is 63.8 cm³/mol. The Morgan fingerprint density at radius 3 is 2.78 bits per heavy atom. The lowest BCUT2D eigenvalue weighted by Crippen LogP contribution is -1.99. The fraction of sp³-hybridized carbons (Fsp3) is 0.167. The summed E-state index contributed by atoms with van der Waals surface area (Å²) in [7, 11) is 0. The molecule has 1 aromatic carbocycles. The van der Waals surface area contributed by atoms with Crippen LogP contribution in [0.5, 0.6) is 0 Å². The first-order valence-corrected chi connectivity index (χ1v) is 5.29. The van der Waals surface area contributed by atoms with Gasteiger partial charge in [-0.15, -0.1) is 0 Å². The van der Waals surface area contributed by atoms with Crippen molar-refractivity contribution in [2.75, 3.05) is 5.32 Å². The minimum Gasteiger partial charge on any atom is -0.404 e. The molecule has 0 saturated heterocycles. The molecule has 0 spiro atoms. The average molecular weight is 250 g/mol. The molecular weight excluding hydrogens is 239 g/mol. The Bertz CT molecular complexity index is 580. The number of benzene rings is 1. The summed E-state index contributed by atoms with van der Waals surface area (Å²) < 4.78 is 18.2. The van der Waals surface area contributed by atoms with E-state index >= 15 is 0 Å². The third-order valence-electron chi connectivity index (χ3n) is 2.47. The van der Waals surface area contributed by atoms with Crippen LogP contribution < -0.4 is 5.32 Å². The second-order valence-corrected chi connectivity index (χ2v) is 3.81. The largest absolute Gasteiger partial charge is 0.433 e. The molecule has 0 aliphatic heterocycles. The molecule has 94 valence electrons. The summed E-state index contributed by atoms with van der Waals surface area (Å²) in [6, 6.07) is 7.55. The SMILES string of the molecule is Cc1ccc(NCc2ccc([N+](=O)[O-])o2)cc1F. The first-order chi connectivity index (χ1) is 8.56. The van der Waals surface area contributed by atoms with E-state index in [1.165, 1.54) is 18.2 Å². The normalized spacial score (nSPS) is 10.3. The lowest BCUT2D eigenvalue weighted by molar-refractivity contribution is -0.402. The van der Waals surface area contributed by atoms with E-state index in [4.69, 9.17) is 4.42 Å². The van der Waals surface area contributed by atoms with Gasteiger partial charge >= 0.3 is 5.88 Å². The molecule has 1 heterocycles. The first kappa shape index (κ1) is 12.1. The Balaban J connectivity index is 2.02. The van der Waals surface area contributed by atoms with Crippen molar-refractivity contribution in [3.8, 4) is 0 Å². The fourth-order valence-electron chi connectivity index (χ4n) is 1.45. The number of hydrogen-bond donors (Lipinski definition) is 1. The van der Waals surface area contributed by atoms with Crippen LogP contribution in [0.25, 0.3) is 0 Å². The number of nitrogens with zero attached hydrogens (tertiary/aromatic N) is 1. The molecule has 0 radical (unpaired) electrons. The molecule has 0 saturated carbocycles. The van der Waals surface area contributed by atoms with Crippen LogP contribution >= 0.6 is 0 Å². The molecule has 0 unspecified atom stereocenters. The molecule has 6 heteroatoms. The van der Waals surface area contributed by atoms with Gasteiger partial charge in [0.05, 0.1) is 12.6 Å². The van der Waals surface area contributed by atoms with Crippen LogP contribution in [-0.2, 0) is 6.54 Å². The van der Waals surface area contributed by atoms with Gasteiger partial charge in [-0.05, 0) is 30.7 Å². The van der Waals surface area contributed by atoms with Gasteiger partial charge in [0.2, 0.25) is 0 Å². The average Bonchev–Trinajstić information content (AvgIpc) is 2.79. The van der Waals surface area contributed by atoms with Crippen molar-refractivity contribution in [3.63, 3.8) is 0 Å². The fourth-order valence-corrected chi connectivity index (χ4v) is 1.45. The molecule has 0 bridgehead atoms. The number of halogens is 1. The van der Waals surface area contributed by atoms with Crippen molar-refractivity contribution in [2.45, 2.75) is 13.5 Å². The minimum atomic E-state index is -0.602. The highest BCUT2D eigenvalue weighted by molar-refractivity contribution is 5.45. The Labute approximate surface area is 102 Å². The smallest absolute Gasteiger partial charge is 0.404 e. The number of furan rings is 1. The van der Waals surface area contributed by atoms with Crippen molar-refractivity contribution in [3.05, 3.63) is 57.6 Å². The molecule has 5 nitrogen and oxygen atoms in total. The summed E-state index contributed by atoms with van der Waals surface area (Å²) in [4.78, 5) is 9.81. The van der Waals surface area contributed by atoms with Gasteiger partial charge in [0.15, 0.2) is 0 Å². The second kappa shape index (κ2) is 4.87. The summed E-state index contributed by atoms with van der Waals surface area (Å²) in [6.07, 6.45) is 0. The van der Waals surface area contributed by atoms with Gasteiger partial charge < -0.3 is 9.73 Å². The van der Waals surface area contributed by atoms with Gasteiger partial charge in [-0.3, -0.25) is 10.1 Å². The zero-order chi connectivity index (χ0) is 13.1. The van der Waals surface area contributed by atoms with Crippen molar-refractivity contribution in [1.29, 1.82) is 0 Å². The van der Waals surface area contributed by atoms with E-state index in [1.807, 2.05) is 0 Å². The lowest BCUT2D eigenvalue weighted by atomic mass is 10.2. The minimum absolute atomic E-state index is 0.260. The molecule has 0 amide bonds. The van der Waals surface area contributed by atoms with Gasteiger partial charge in [-0.1, -0.05) is 6.07 Å². The molecule has 0 fully saturated rings. The zero-order valence-electron chi connectivity index (χ0n) is 9.64. The Kier molecular flexibility index (Phi) is 3.27. The molecule has 2 rings (SSSR count). The van der Waals surface area contributed by atoms with Gasteiger partial charge in [-0.2, -0.15) is 0 Å². The summed E-state index contributed by atoms with van der Waals surface area (Å²) in [6.45, 7) is 1.94. The van der Waals surface area contributed by atoms with Gasteiger partial charge in [0.1, 0.15) is 16.5 Å². The van der Waals surface area contributed by atoms with Crippen LogP contribution in [0.15, 0.2) is 34.7 Å². The van der Waals surface area contributed by atoms with E-state index in [0.29, 0.717) is 17.0 Å². The Morgan fingerprint density at radius 2 is 2.17 bits per heavy atom. The van der Waals surface area contributed by atoms with Crippen molar-refractivity contribution in [1.82, 2.24) is 0 Å². The van der Waals surface area contributed by atoms with E-state index in [2.05, 4.69) is 5.32 Å². The van der Waals surface area contributed by atoms with E-state index < -0.39 is 4.92 Å². The number of hydrogen-bond acceptors (Lipinski definition) is 4. The van der Waals surface area contributed by atoms with E-state index in [1.54, 1.807) is 19.1 Å². The maximum atomic E-state index is 13.3. The molecule has 2 aromatic rings. The van der Waals surface area contributed by atoms with Gasteiger partial charge in [0.25, 0.3) is 0 Å². The van der Waals surface area contributed by atoms with Crippen LogP contribution in [0.3, 0.4) is 0 Å². The van der Waals surface area contributed by atoms with Crippen LogP contribution in [-0.4, -0.2) is 4.92 Å². The number of aryl methyl sites for hydroxylation is 1. The summed E-state index contributed by atoms with van der Waals surface area (Å²) in [5.74, 6) is -0.185. The zero-order valence-corrected chi connectivity index (χ0v) is 9.64. The first-order valence-electron chi connectivity index (χ1n) is 5.29. The monoisotopic (exact) mass is 250 g/mol. The van der Waals surface area contributed by atoms with Crippen molar-refractivity contribution >= 4 is 11.6 Å². The molecule has 1 N–H and O–H groups in total. The molecular formula is C12H11FN2O3. The highest BCUT2D eigenvalue weighted by Crippen LogP contribution is 2.18. The quantitative estimate of drug-likeness (QED) is 0.668. The molecule has 0 aliphatic carbocycles. The number of rotatable bonds is 4. The van der Waals surface area contributed by atoms with Crippen LogP contribution in [0.2, 0.25) is 0 Å². The summed E-state index contributed by atoms with van der Waals surface area (Å²) >= 11 is 0. The Hall–Kier alpha value is -2.37. The highest BCUT2D eigenvalue weighted by Gasteiger charge is 2.11. The molecule has 1 aromatic heterocycles. The number of anilines is 1. The van der Waals surface area contributed by atoms with Crippen molar-refractivity contribution in [2.24, 2.45) is 0 Å². The molecule has 0 atom stereocenters. The second-order valence-electron chi connectivity index (χ2n) is 3.81. The van der Waals surface area contributed by atoms with E-state index in [9.17, 15) is 14.5 Å². The van der Waals surface area contributed by atoms with Crippen LogP contribution in [0.4, 0.5) is 16.0 Å². The standard InChI is InChI=1S/C12H11FN2O3/c1-8-2-3-9(6-11(8)13)14-7-10-4-5-12(18-10)15(16)17/h2-6,14H,7H2,1H3. The molecule has 18 heavy (non-hydrogen) atoms. The Morgan fingerprint density at radius 1 is 1.39 bits per heavy atom. The maximum absolute atomic E-state index is 13.3. The number of nitrogens with one attached hydrogen (secondary N) is 1. The topological polar surface area (TPSA) is 68.3 Å². The maximum Gasteiger partial charge on any atom is 0.433 e.